The first-order chi connectivity index (χ1) is 11.1. The molecule has 0 aliphatic rings. The van der Waals surface area contributed by atoms with Crippen molar-refractivity contribution in [1.29, 1.82) is 0 Å². The van der Waals surface area contributed by atoms with E-state index in [2.05, 4.69) is 9.97 Å². The number of hydrogen-bond donors (Lipinski definition) is 0. The summed E-state index contributed by atoms with van der Waals surface area (Å²) >= 11 is 5.80. The van der Waals surface area contributed by atoms with E-state index in [0.717, 1.165) is 29.1 Å². The van der Waals surface area contributed by atoms with Gasteiger partial charge in [-0.1, -0.05) is 11.6 Å². The van der Waals surface area contributed by atoms with Crippen LogP contribution in [0.1, 0.15) is 11.1 Å². The van der Waals surface area contributed by atoms with Gasteiger partial charge in [0.1, 0.15) is 5.82 Å². The van der Waals surface area contributed by atoms with E-state index in [1.54, 1.807) is 0 Å². The molecule has 3 aromatic rings. The fraction of sp³-hybridized carbons (Fsp3) is 0.143. The summed E-state index contributed by atoms with van der Waals surface area (Å²) in [5, 5.41) is -0.277. The Balaban J connectivity index is 2.32. The second-order valence-electron chi connectivity index (χ2n) is 4.83. The topological polar surface area (TPSA) is 30.2 Å². The first-order valence-electron chi connectivity index (χ1n) is 6.34. The molecule has 3 heterocycles. The lowest BCUT2D eigenvalue weighted by Crippen LogP contribution is -2.10. The summed E-state index contributed by atoms with van der Waals surface area (Å²) in [5.41, 5.74) is -2.55. The van der Waals surface area contributed by atoms with Crippen LogP contribution >= 0.6 is 11.6 Å². The highest BCUT2D eigenvalue weighted by Gasteiger charge is 2.36. The SMILES string of the molecule is FC(F)(F)c1cc(Cl)c2cnc(-c3cnccc3C(F)(F)F)n2c1. The predicted molar refractivity (Wildman–Crippen MR) is 73.4 cm³/mol. The maximum atomic E-state index is 13.1. The van der Waals surface area contributed by atoms with Crippen molar-refractivity contribution in [2.24, 2.45) is 0 Å². The molecule has 0 aliphatic heterocycles. The minimum absolute atomic E-state index is 0.0524. The third kappa shape index (κ3) is 2.79. The van der Waals surface area contributed by atoms with Crippen LogP contribution in [0.2, 0.25) is 5.02 Å². The summed E-state index contributed by atoms with van der Waals surface area (Å²) in [4.78, 5) is 7.40. The molecule has 24 heavy (non-hydrogen) atoms. The van der Waals surface area contributed by atoms with Crippen molar-refractivity contribution in [3.8, 4) is 11.4 Å². The minimum atomic E-state index is -4.71. The maximum absolute atomic E-state index is 13.1. The molecule has 0 radical (unpaired) electrons. The number of nitrogens with zero attached hydrogens (tertiary/aromatic N) is 3. The van der Waals surface area contributed by atoms with Gasteiger partial charge in [0.05, 0.1) is 27.9 Å². The number of imidazole rings is 1. The summed E-state index contributed by atoms with van der Waals surface area (Å²) in [6.07, 6.45) is -5.83. The number of pyridine rings is 2. The molecule has 3 nitrogen and oxygen atoms in total. The third-order valence-corrected chi connectivity index (χ3v) is 3.59. The van der Waals surface area contributed by atoms with Crippen LogP contribution in [0, 0.1) is 0 Å². The van der Waals surface area contributed by atoms with Crippen LogP contribution in [0.25, 0.3) is 16.9 Å². The number of aromatic nitrogens is 3. The highest BCUT2D eigenvalue weighted by Crippen LogP contribution is 2.38. The lowest BCUT2D eigenvalue weighted by molar-refractivity contribution is -0.138. The summed E-state index contributed by atoms with van der Waals surface area (Å²) in [7, 11) is 0. The van der Waals surface area contributed by atoms with Gasteiger partial charge in [-0.2, -0.15) is 26.3 Å². The van der Waals surface area contributed by atoms with Gasteiger partial charge in [-0.05, 0) is 12.1 Å². The summed E-state index contributed by atoms with van der Waals surface area (Å²) in [6.45, 7) is 0. The molecule has 10 heteroatoms. The second-order valence-corrected chi connectivity index (χ2v) is 5.24. The van der Waals surface area contributed by atoms with Crippen molar-refractivity contribution in [1.82, 2.24) is 14.4 Å². The molecular weight excluding hydrogens is 360 g/mol. The van der Waals surface area contributed by atoms with E-state index in [-0.39, 0.29) is 16.4 Å². The molecule has 0 fully saturated rings. The Kier molecular flexibility index (Phi) is 3.71. The highest BCUT2D eigenvalue weighted by atomic mass is 35.5. The zero-order chi connectivity index (χ0) is 17.7. The number of halogens is 7. The largest absolute Gasteiger partial charge is 0.417 e. The predicted octanol–water partition coefficient (Wildman–Crippen LogP) is 5.09. The Morgan fingerprint density at radius 1 is 1.00 bits per heavy atom. The Morgan fingerprint density at radius 2 is 1.71 bits per heavy atom. The molecule has 0 unspecified atom stereocenters. The van der Waals surface area contributed by atoms with E-state index in [1.165, 1.54) is 0 Å². The molecule has 0 N–H and O–H groups in total. The van der Waals surface area contributed by atoms with Crippen molar-refractivity contribution in [2.45, 2.75) is 12.4 Å². The van der Waals surface area contributed by atoms with Crippen LogP contribution in [-0.2, 0) is 12.4 Å². The Hall–Kier alpha value is -2.29. The quantitative estimate of drug-likeness (QED) is 0.562. The molecule has 0 aromatic carbocycles. The zero-order valence-electron chi connectivity index (χ0n) is 11.5. The Labute approximate surface area is 135 Å². The van der Waals surface area contributed by atoms with Gasteiger partial charge in [0.25, 0.3) is 0 Å². The molecule has 3 aromatic heterocycles. The van der Waals surface area contributed by atoms with Gasteiger partial charge in [-0.25, -0.2) is 4.98 Å². The van der Waals surface area contributed by atoms with Gasteiger partial charge >= 0.3 is 12.4 Å². The van der Waals surface area contributed by atoms with E-state index in [9.17, 15) is 26.3 Å². The van der Waals surface area contributed by atoms with Crippen LogP contribution in [0.4, 0.5) is 26.3 Å². The summed E-state index contributed by atoms with van der Waals surface area (Å²) in [5.74, 6) is -0.335. The maximum Gasteiger partial charge on any atom is 0.417 e. The van der Waals surface area contributed by atoms with Crippen molar-refractivity contribution >= 4 is 17.1 Å². The van der Waals surface area contributed by atoms with Crippen molar-refractivity contribution in [2.75, 3.05) is 0 Å². The average molecular weight is 366 g/mol. The minimum Gasteiger partial charge on any atom is -0.298 e. The molecule has 0 bridgehead atoms. The van der Waals surface area contributed by atoms with Gasteiger partial charge in [-0.3, -0.25) is 9.38 Å². The average Bonchev–Trinajstić information content (AvgIpc) is 2.90. The molecule has 0 aliphatic carbocycles. The molecule has 126 valence electrons. The number of alkyl halides is 6. The van der Waals surface area contributed by atoms with Gasteiger partial charge in [-0.15, -0.1) is 0 Å². The normalized spacial score (nSPS) is 12.8. The second kappa shape index (κ2) is 5.37. The smallest absolute Gasteiger partial charge is 0.298 e. The van der Waals surface area contributed by atoms with Gasteiger partial charge in [0.2, 0.25) is 0 Å². The molecular formula is C14H6ClF6N3. The molecule has 3 rings (SSSR count). The fourth-order valence-corrected chi connectivity index (χ4v) is 2.49. The van der Waals surface area contributed by atoms with E-state index >= 15 is 0 Å². The molecule has 0 saturated carbocycles. The Morgan fingerprint density at radius 3 is 2.33 bits per heavy atom. The molecule has 0 spiro atoms. The highest BCUT2D eigenvalue weighted by molar-refractivity contribution is 6.33. The van der Waals surface area contributed by atoms with E-state index in [4.69, 9.17) is 11.6 Å². The lowest BCUT2D eigenvalue weighted by atomic mass is 10.1. The van der Waals surface area contributed by atoms with Crippen LogP contribution < -0.4 is 0 Å². The Bertz CT molecular complexity index is 913. The zero-order valence-corrected chi connectivity index (χ0v) is 12.2. The third-order valence-electron chi connectivity index (χ3n) is 3.29. The van der Waals surface area contributed by atoms with Gasteiger partial charge in [0.15, 0.2) is 0 Å². The van der Waals surface area contributed by atoms with Crippen molar-refractivity contribution < 1.29 is 26.3 Å². The van der Waals surface area contributed by atoms with Crippen molar-refractivity contribution in [3.05, 3.63) is 53.1 Å². The first-order valence-corrected chi connectivity index (χ1v) is 6.72. The van der Waals surface area contributed by atoms with Gasteiger partial charge < -0.3 is 0 Å². The fourth-order valence-electron chi connectivity index (χ4n) is 2.23. The number of fused-ring (bicyclic) bond motifs is 1. The van der Waals surface area contributed by atoms with E-state index < -0.39 is 29.0 Å². The molecule has 0 atom stereocenters. The standard InChI is InChI=1S/C14H6ClF6N3/c15-10-3-7(13(16,17)18)6-24-11(10)5-23-12(24)8-4-22-2-1-9(8)14(19,20)21/h1-6H. The van der Waals surface area contributed by atoms with E-state index in [0.29, 0.717) is 12.3 Å². The molecule has 0 amide bonds. The first kappa shape index (κ1) is 16.6. The van der Waals surface area contributed by atoms with Crippen molar-refractivity contribution in [3.63, 3.8) is 0 Å². The monoisotopic (exact) mass is 365 g/mol. The molecule has 0 saturated heterocycles. The van der Waals surface area contributed by atoms with Gasteiger partial charge in [0, 0.05) is 24.2 Å². The van der Waals surface area contributed by atoms with E-state index in [1.807, 2.05) is 0 Å². The number of rotatable bonds is 1. The number of hydrogen-bond acceptors (Lipinski definition) is 2. The van der Waals surface area contributed by atoms with Crippen LogP contribution in [0.15, 0.2) is 36.9 Å². The van der Waals surface area contributed by atoms with Crippen LogP contribution in [0.5, 0.6) is 0 Å². The summed E-state index contributed by atoms with van der Waals surface area (Å²) < 4.78 is 79.0. The van der Waals surface area contributed by atoms with Crippen LogP contribution in [-0.4, -0.2) is 14.4 Å². The van der Waals surface area contributed by atoms with Crippen LogP contribution in [0.3, 0.4) is 0 Å². The lowest BCUT2D eigenvalue weighted by Gasteiger charge is -2.13. The summed E-state index contributed by atoms with van der Waals surface area (Å²) in [6, 6.07) is 1.42.